The summed E-state index contributed by atoms with van der Waals surface area (Å²) in [6.07, 6.45) is 0.785. The van der Waals surface area contributed by atoms with Crippen molar-refractivity contribution in [3.63, 3.8) is 0 Å². The van der Waals surface area contributed by atoms with Gasteiger partial charge in [0.25, 0.3) is 5.91 Å². The highest BCUT2D eigenvalue weighted by Crippen LogP contribution is 2.18. The quantitative estimate of drug-likeness (QED) is 0.396. The predicted molar refractivity (Wildman–Crippen MR) is 85.3 cm³/mol. The molecule has 100 valence electrons. The lowest BCUT2D eigenvalue weighted by molar-refractivity contribution is 0.0943. The second-order valence-electron chi connectivity index (χ2n) is 3.53. The van der Waals surface area contributed by atoms with Gasteiger partial charge in [0.1, 0.15) is 0 Å². The van der Waals surface area contributed by atoms with Crippen LogP contribution in [0.25, 0.3) is 0 Å². The molecule has 0 heterocycles. The van der Waals surface area contributed by atoms with Gasteiger partial charge in [-0.1, -0.05) is 15.9 Å². The Morgan fingerprint density at radius 2 is 2.22 bits per heavy atom. The minimum atomic E-state index is -0.0574. The van der Waals surface area contributed by atoms with Crippen molar-refractivity contribution in [2.45, 2.75) is 6.42 Å². The van der Waals surface area contributed by atoms with E-state index < -0.39 is 0 Å². The Kier molecular flexibility index (Phi) is 8.21. The Labute approximate surface area is 134 Å². The van der Waals surface area contributed by atoms with Crippen molar-refractivity contribution >= 4 is 56.0 Å². The van der Waals surface area contributed by atoms with Gasteiger partial charge in [-0.3, -0.25) is 4.79 Å². The van der Waals surface area contributed by atoms with E-state index in [9.17, 15) is 4.79 Å². The van der Waals surface area contributed by atoms with Crippen molar-refractivity contribution in [3.8, 4) is 0 Å². The molecule has 18 heavy (non-hydrogen) atoms. The molecule has 0 aliphatic heterocycles. The van der Waals surface area contributed by atoms with Crippen LogP contribution in [0.1, 0.15) is 16.8 Å². The smallest absolute Gasteiger partial charge is 0.252 e. The van der Waals surface area contributed by atoms with Crippen LogP contribution >= 0.6 is 50.1 Å². The Morgan fingerprint density at radius 3 is 2.94 bits per heavy atom. The van der Waals surface area contributed by atoms with Crippen LogP contribution in [0, 0.1) is 3.57 Å². The summed E-state index contributed by atoms with van der Waals surface area (Å²) >= 11 is 11.0. The summed E-state index contributed by atoms with van der Waals surface area (Å²) in [5.74, 6) is 0.445. The Bertz CT molecular complexity index is 404. The molecule has 3 nitrogen and oxygen atoms in total. The minimum Gasteiger partial charge on any atom is -0.380 e. The second-order valence-corrected chi connectivity index (χ2v) is 5.99. The van der Waals surface area contributed by atoms with Crippen molar-refractivity contribution in [2.24, 2.45) is 0 Å². The zero-order valence-corrected chi connectivity index (χ0v) is 14.2. The van der Waals surface area contributed by atoms with Crippen molar-refractivity contribution in [2.75, 3.05) is 25.6 Å². The van der Waals surface area contributed by atoms with Gasteiger partial charge in [-0.25, -0.2) is 0 Å². The highest BCUT2D eigenvalue weighted by atomic mass is 127. The largest absolute Gasteiger partial charge is 0.380 e. The van der Waals surface area contributed by atoms with E-state index in [1.54, 1.807) is 0 Å². The molecule has 1 aromatic carbocycles. The van der Waals surface area contributed by atoms with Crippen molar-refractivity contribution in [1.82, 2.24) is 5.32 Å². The van der Waals surface area contributed by atoms with Gasteiger partial charge in [0.15, 0.2) is 0 Å². The van der Waals surface area contributed by atoms with Gasteiger partial charge in [0.2, 0.25) is 0 Å². The first-order valence-corrected chi connectivity index (χ1v) is 7.92. The third kappa shape index (κ3) is 5.86. The molecule has 0 spiro atoms. The fraction of sp³-hybridized carbons (Fsp3) is 0.417. The normalized spacial score (nSPS) is 10.4. The average molecular weight is 447 g/mol. The molecule has 1 amide bonds. The topological polar surface area (TPSA) is 38.3 Å². The van der Waals surface area contributed by atoms with E-state index in [-0.39, 0.29) is 5.91 Å². The number of hydrogen-bond donors (Lipinski definition) is 1. The summed E-state index contributed by atoms with van der Waals surface area (Å²) in [6, 6.07) is 5.64. The van der Waals surface area contributed by atoms with Crippen LogP contribution in [-0.2, 0) is 4.74 Å². The number of amides is 1. The number of carbonyl (C=O) groups excluding carboxylic acids is 1. The number of nitrogens with one attached hydrogen (secondary N) is 1. The summed E-state index contributed by atoms with van der Waals surface area (Å²) in [7, 11) is 0. The molecule has 1 aromatic rings. The molecule has 0 bridgehead atoms. The first kappa shape index (κ1) is 16.2. The molecule has 0 unspecified atom stereocenters. The average Bonchev–Trinajstić information content (AvgIpc) is 2.36. The maximum Gasteiger partial charge on any atom is 0.252 e. The number of rotatable bonds is 7. The SMILES string of the molecule is O=C(NCCCOCCCl)c1cc(Br)ccc1I. The Morgan fingerprint density at radius 1 is 1.44 bits per heavy atom. The third-order valence-electron chi connectivity index (χ3n) is 2.15. The van der Waals surface area contributed by atoms with Gasteiger partial charge in [-0.2, -0.15) is 0 Å². The molecule has 0 aliphatic carbocycles. The minimum absolute atomic E-state index is 0.0574. The van der Waals surface area contributed by atoms with Crippen LogP contribution in [0.15, 0.2) is 22.7 Å². The van der Waals surface area contributed by atoms with Gasteiger partial charge in [0.05, 0.1) is 12.2 Å². The molecule has 6 heteroatoms. The van der Waals surface area contributed by atoms with Gasteiger partial charge < -0.3 is 10.1 Å². The van der Waals surface area contributed by atoms with Gasteiger partial charge >= 0.3 is 0 Å². The highest BCUT2D eigenvalue weighted by Gasteiger charge is 2.09. The standard InChI is InChI=1S/C12H14BrClINO2/c13-9-2-3-11(15)10(8-9)12(17)16-5-1-6-18-7-4-14/h2-3,8H,1,4-7H2,(H,16,17). The van der Waals surface area contributed by atoms with Gasteiger partial charge in [-0.05, 0) is 47.2 Å². The number of carbonyl (C=O) groups is 1. The summed E-state index contributed by atoms with van der Waals surface area (Å²) in [4.78, 5) is 11.9. The fourth-order valence-electron chi connectivity index (χ4n) is 1.30. The monoisotopic (exact) mass is 445 g/mol. The lowest BCUT2D eigenvalue weighted by Crippen LogP contribution is -2.26. The summed E-state index contributed by atoms with van der Waals surface area (Å²) in [5.41, 5.74) is 0.687. The van der Waals surface area contributed by atoms with Crippen LogP contribution in [0.5, 0.6) is 0 Å². The van der Waals surface area contributed by atoms with E-state index in [0.717, 1.165) is 14.5 Å². The molecule has 0 fully saturated rings. The van der Waals surface area contributed by atoms with E-state index in [1.165, 1.54) is 0 Å². The van der Waals surface area contributed by atoms with Crippen molar-refractivity contribution < 1.29 is 9.53 Å². The third-order valence-corrected chi connectivity index (χ3v) is 3.73. The predicted octanol–water partition coefficient (Wildman–Crippen LogP) is 3.43. The first-order valence-electron chi connectivity index (χ1n) is 5.52. The molecule has 0 aromatic heterocycles. The van der Waals surface area contributed by atoms with E-state index in [2.05, 4.69) is 43.8 Å². The van der Waals surface area contributed by atoms with E-state index in [0.29, 0.717) is 31.2 Å². The lowest BCUT2D eigenvalue weighted by atomic mass is 10.2. The Balaban J connectivity index is 2.34. The summed E-state index contributed by atoms with van der Waals surface area (Å²) < 4.78 is 7.06. The second kappa shape index (κ2) is 9.12. The Hall–Kier alpha value is 0.150. The van der Waals surface area contributed by atoms with Gasteiger partial charge in [-0.15, -0.1) is 11.6 Å². The zero-order valence-electron chi connectivity index (χ0n) is 9.72. The highest BCUT2D eigenvalue weighted by molar-refractivity contribution is 14.1. The maximum atomic E-state index is 11.9. The molecule has 0 saturated heterocycles. The van der Waals surface area contributed by atoms with Crippen LogP contribution in [0.2, 0.25) is 0 Å². The van der Waals surface area contributed by atoms with Crippen LogP contribution < -0.4 is 5.32 Å². The summed E-state index contributed by atoms with van der Waals surface area (Å²) in [5, 5.41) is 2.87. The van der Waals surface area contributed by atoms with Crippen LogP contribution in [0.3, 0.4) is 0 Å². The van der Waals surface area contributed by atoms with E-state index in [4.69, 9.17) is 16.3 Å². The molecule has 0 radical (unpaired) electrons. The number of ether oxygens (including phenoxy) is 1. The fourth-order valence-corrected chi connectivity index (χ4v) is 2.35. The summed E-state index contributed by atoms with van der Waals surface area (Å²) in [6.45, 7) is 1.77. The molecule has 0 atom stereocenters. The van der Waals surface area contributed by atoms with E-state index >= 15 is 0 Å². The maximum absolute atomic E-state index is 11.9. The van der Waals surface area contributed by atoms with Crippen molar-refractivity contribution in [1.29, 1.82) is 0 Å². The lowest BCUT2D eigenvalue weighted by Gasteiger charge is -2.07. The number of hydrogen-bond acceptors (Lipinski definition) is 2. The molecule has 1 rings (SSSR count). The number of benzene rings is 1. The number of halogens is 3. The zero-order chi connectivity index (χ0) is 13.4. The van der Waals surface area contributed by atoms with Crippen molar-refractivity contribution in [3.05, 3.63) is 31.8 Å². The van der Waals surface area contributed by atoms with Crippen LogP contribution in [0.4, 0.5) is 0 Å². The molecular weight excluding hydrogens is 432 g/mol. The molecule has 1 N–H and O–H groups in total. The molecule has 0 saturated carbocycles. The van der Waals surface area contributed by atoms with Crippen LogP contribution in [-0.4, -0.2) is 31.5 Å². The number of alkyl halides is 1. The molecular formula is C12H14BrClINO2. The first-order chi connectivity index (χ1) is 8.65. The van der Waals surface area contributed by atoms with Gasteiger partial charge in [0, 0.05) is 27.1 Å². The molecule has 0 aliphatic rings. The van der Waals surface area contributed by atoms with E-state index in [1.807, 2.05) is 18.2 Å².